The fraction of sp³-hybridized carbons (Fsp3) is 0.746. The monoisotopic (exact) mass is 1220 g/mol. The van der Waals surface area contributed by atoms with Gasteiger partial charge in [0.15, 0.2) is 18.9 Å². The van der Waals surface area contributed by atoms with E-state index in [2.05, 4.69) is 104 Å². The van der Waals surface area contributed by atoms with Crippen molar-refractivity contribution >= 4 is 5.91 Å². The van der Waals surface area contributed by atoms with Gasteiger partial charge in [-0.2, -0.15) is 0 Å². The van der Waals surface area contributed by atoms with Crippen LogP contribution in [-0.4, -0.2) is 193 Å². The molecule has 1 amide bonds. The fourth-order valence-corrected chi connectivity index (χ4v) is 10.3. The first-order chi connectivity index (χ1) is 41.8. The third-order valence-electron chi connectivity index (χ3n) is 15.6. The number of aliphatic hydroxyl groups excluding tert-OH is 11. The van der Waals surface area contributed by atoms with Gasteiger partial charge in [-0.1, -0.05) is 195 Å². The Kier molecular flexibility index (Phi) is 43.4. The van der Waals surface area contributed by atoms with Crippen LogP contribution in [0.1, 0.15) is 187 Å². The van der Waals surface area contributed by atoms with Crippen molar-refractivity contribution in [3.8, 4) is 0 Å². The number of rotatable bonds is 47. The van der Waals surface area contributed by atoms with Gasteiger partial charge >= 0.3 is 0 Å². The lowest BCUT2D eigenvalue weighted by Crippen LogP contribution is -2.66. The van der Waals surface area contributed by atoms with E-state index in [1.54, 1.807) is 6.08 Å². The van der Waals surface area contributed by atoms with E-state index in [-0.39, 0.29) is 18.9 Å². The maximum atomic E-state index is 13.4. The summed E-state index contributed by atoms with van der Waals surface area (Å²) in [5, 5.41) is 120. The number of hydrogen-bond donors (Lipinski definition) is 12. The molecule has 0 aromatic carbocycles. The number of ether oxygens (including phenoxy) is 6. The molecule has 86 heavy (non-hydrogen) atoms. The van der Waals surface area contributed by atoms with E-state index in [4.69, 9.17) is 28.4 Å². The number of unbranched alkanes of at least 4 members (excludes halogenated alkanes) is 17. The van der Waals surface area contributed by atoms with Crippen molar-refractivity contribution < 1.29 is 89.4 Å². The maximum absolute atomic E-state index is 13.4. The van der Waals surface area contributed by atoms with E-state index in [1.807, 2.05) is 6.08 Å². The number of carbonyl (C=O) groups is 1. The molecule has 0 bridgehead atoms. The van der Waals surface area contributed by atoms with Crippen LogP contribution < -0.4 is 5.32 Å². The van der Waals surface area contributed by atoms with Gasteiger partial charge in [-0.25, -0.2) is 0 Å². The Balaban J connectivity index is 1.48. The van der Waals surface area contributed by atoms with Crippen molar-refractivity contribution in [1.29, 1.82) is 0 Å². The molecule has 3 rings (SSSR count). The predicted octanol–water partition coefficient (Wildman–Crippen LogP) is 7.32. The molecule has 17 unspecified atom stereocenters. The third kappa shape index (κ3) is 31.0. The Labute approximate surface area is 513 Å². The summed E-state index contributed by atoms with van der Waals surface area (Å²) in [6.45, 7) is 1.56. The first-order valence-electron chi connectivity index (χ1n) is 32.5. The molecule has 19 heteroatoms. The Morgan fingerprint density at radius 1 is 0.430 bits per heavy atom. The summed E-state index contributed by atoms with van der Waals surface area (Å²) < 4.78 is 34.3. The van der Waals surface area contributed by atoms with Gasteiger partial charge in [-0.05, 0) is 83.5 Å². The molecule has 3 saturated heterocycles. The number of carbonyl (C=O) groups excluding carboxylic acids is 1. The van der Waals surface area contributed by atoms with Gasteiger partial charge < -0.3 is 89.9 Å². The normalized spacial score (nSPS) is 29.4. The first kappa shape index (κ1) is 77.0. The Morgan fingerprint density at radius 2 is 0.814 bits per heavy atom. The number of nitrogens with one attached hydrogen (secondary N) is 1. The minimum Gasteiger partial charge on any atom is -0.394 e. The summed E-state index contributed by atoms with van der Waals surface area (Å²) >= 11 is 0. The Morgan fingerprint density at radius 3 is 1.30 bits per heavy atom. The van der Waals surface area contributed by atoms with Gasteiger partial charge in [0.25, 0.3) is 0 Å². The number of hydrogen-bond acceptors (Lipinski definition) is 18. The molecule has 12 N–H and O–H groups in total. The summed E-state index contributed by atoms with van der Waals surface area (Å²) in [5.74, 6) is -0.305. The van der Waals surface area contributed by atoms with Crippen LogP contribution in [0.15, 0.2) is 97.2 Å². The summed E-state index contributed by atoms with van der Waals surface area (Å²) in [6, 6.07) is -1.00. The van der Waals surface area contributed by atoms with Crippen LogP contribution in [-0.2, 0) is 33.2 Å². The van der Waals surface area contributed by atoms with Crippen LogP contribution in [0.5, 0.6) is 0 Å². The van der Waals surface area contributed by atoms with Gasteiger partial charge in [0.1, 0.15) is 73.2 Å². The van der Waals surface area contributed by atoms with E-state index >= 15 is 0 Å². The summed E-state index contributed by atoms with van der Waals surface area (Å²) in [4.78, 5) is 13.4. The van der Waals surface area contributed by atoms with Gasteiger partial charge in [0.2, 0.25) is 5.91 Å². The van der Waals surface area contributed by atoms with Crippen LogP contribution in [0.3, 0.4) is 0 Å². The van der Waals surface area contributed by atoms with E-state index in [0.29, 0.717) is 12.8 Å². The van der Waals surface area contributed by atoms with Crippen molar-refractivity contribution in [3.05, 3.63) is 97.2 Å². The van der Waals surface area contributed by atoms with Crippen LogP contribution in [0.25, 0.3) is 0 Å². The highest BCUT2D eigenvalue weighted by Gasteiger charge is 2.53. The molecule has 19 nitrogen and oxygen atoms in total. The summed E-state index contributed by atoms with van der Waals surface area (Å²) in [7, 11) is 0. The molecule has 0 radical (unpaired) electrons. The third-order valence-corrected chi connectivity index (χ3v) is 15.6. The van der Waals surface area contributed by atoms with Crippen molar-refractivity contribution in [1.82, 2.24) is 5.32 Å². The second-order valence-corrected chi connectivity index (χ2v) is 22.8. The molecule has 3 aliphatic rings. The highest BCUT2D eigenvalue weighted by atomic mass is 16.8. The van der Waals surface area contributed by atoms with Crippen LogP contribution >= 0.6 is 0 Å². The number of allylic oxidation sites excluding steroid dienone is 15. The van der Waals surface area contributed by atoms with Crippen molar-refractivity contribution in [2.45, 2.75) is 291 Å². The topological polar surface area (TPSA) is 307 Å². The number of aliphatic hydroxyl groups is 11. The fourth-order valence-electron chi connectivity index (χ4n) is 10.3. The Hall–Kier alpha value is -3.29. The lowest BCUT2D eigenvalue weighted by molar-refractivity contribution is -0.379. The lowest BCUT2D eigenvalue weighted by atomic mass is 9.96. The van der Waals surface area contributed by atoms with Crippen LogP contribution in [0, 0.1) is 0 Å². The lowest BCUT2D eigenvalue weighted by Gasteiger charge is -2.48. The first-order valence-corrected chi connectivity index (χ1v) is 32.5. The van der Waals surface area contributed by atoms with Crippen molar-refractivity contribution in [2.24, 2.45) is 0 Å². The van der Waals surface area contributed by atoms with Crippen molar-refractivity contribution in [3.63, 3.8) is 0 Å². The molecular formula is C67H113NO18. The van der Waals surface area contributed by atoms with Crippen LogP contribution in [0.4, 0.5) is 0 Å². The van der Waals surface area contributed by atoms with E-state index in [0.717, 1.165) is 96.3 Å². The average molecular weight is 1220 g/mol. The SMILES string of the molecule is CC/C=C\C/C=C\C/C=C\C/C=C\C/C=C\C/C=C\CCCCCCCCC(=O)NC(COC1OC(CO)C(OC2OC(CO)C(OC3OC(CO)C(O)C(O)C3O)C(O)C2O)C(O)C1O)C(O)/C=C/CC/C=C/CCCCCCCCCCCC. The molecule has 0 spiro atoms. The largest absolute Gasteiger partial charge is 0.394 e. The molecule has 3 aliphatic heterocycles. The molecule has 0 aromatic heterocycles. The molecule has 17 atom stereocenters. The summed E-state index contributed by atoms with van der Waals surface area (Å²) in [6.07, 6.45) is 35.2. The highest BCUT2D eigenvalue weighted by molar-refractivity contribution is 5.76. The number of amides is 1. The van der Waals surface area contributed by atoms with Crippen molar-refractivity contribution in [2.75, 3.05) is 26.4 Å². The quantitative estimate of drug-likeness (QED) is 0.0210. The molecule has 3 fully saturated rings. The second kappa shape index (κ2) is 48.5. The molecular weight excluding hydrogens is 1110 g/mol. The van der Waals surface area contributed by atoms with E-state index in [9.17, 15) is 61.0 Å². The zero-order valence-electron chi connectivity index (χ0n) is 51.7. The zero-order chi connectivity index (χ0) is 62.6. The molecule has 0 saturated carbocycles. The summed E-state index contributed by atoms with van der Waals surface area (Å²) in [5.41, 5.74) is 0. The average Bonchev–Trinajstić information content (AvgIpc) is 3.70. The van der Waals surface area contributed by atoms with Gasteiger partial charge in [0, 0.05) is 6.42 Å². The smallest absolute Gasteiger partial charge is 0.220 e. The van der Waals surface area contributed by atoms with Crippen LogP contribution in [0.2, 0.25) is 0 Å². The molecule has 0 aliphatic carbocycles. The van der Waals surface area contributed by atoms with Gasteiger partial charge in [-0.15, -0.1) is 0 Å². The Bertz CT molecular complexity index is 1940. The minimum absolute atomic E-state index is 0.212. The molecule has 494 valence electrons. The standard InChI is InChI=1S/C67H113NO18/c1-3-5-7-9-11-13-15-17-19-21-22-23-24-25-26-27-28-29-31-33-35-37-39-41-43-45-55(73)68-50(51(72)44-42-40-38-36-34-32-30-20-18-16-14-12-10-8-6-4-2)49-81-65-61(79)58(76)63(53(47-70)83-65)86-67-62(80)59(77)64(54(48-71)84-67)85-66-60(78)57(75)56(74)52(46-69)82-66/h5,7,11,13,17,19,22-23,25-26,28-29,34,36,42,44,50-54,56-67,69-72,74-80H,3-4,6,8-10,12,14-16,18,20-21,24,27,30-33,35,37-41,43,45-49H2,1-2H3,(H,68,73)/b7-5-,13-11-,19-17-,23-22-,26-25-,29-28-,36-34+,44-42+. The van der Waals surface area contributed by atoms with E-state index < -0.39 is 124 Å². The highest BCUT2D eigenvalue weighted by Crippen LogP contribution is 2.33. The zero-order valence-corrected chi connectivity index (χ0v) is 51.7. The van der Waals surface area contributed by atoms with Gasteiger partial charge in [-0.3, -0.25) is 4.79 Å². The predicted molar refractivity (Wildman–Crippen MR) is 332 cm³/mol. The molecule has 0 aromatic rings. The van der Waals surface area contributed by atoms with E-state index in [1.165, 1.54) is 57.8 Å². The minimum atomic E-state index is -1.99. The maximum Gasteiger partial charge on any atom is 0.220 e. The second-order valence-electron chi connectivity index (χ2n) is 22.8. The van der Waals surface area contributed by atoms with Gasteiger partial charge in [0.05, 0.1) is 38.6 Å². The molecule has 3 heterocycles.